The third kappa shape index (κ3) is 4.63. The van der Waals surface area contributed by atoms with Crippen LogP contribution < -0.4 is 5.32 Å². The molecule has 176 valence electrons. The van der Waals surface area contributed by atoms with Crippen molar-refractivity contribution in [3.8, 4) is 11.4 Å². The van der Waals surface area contributed by atoms with Crippen LogP contribution >= 0.6 is 0 Å². The number of aliphatic hydroxyl groups excluding tert-OH is 2. The molecule has 1 fully saturated rings. The molecule has 2 aromatic rings. The molecule has 4 rings (SSSR count). The highest BCUT2D eigenvalue weighted by atomic mass is 16.5. The second-order valence-electron chi connectivity index (χ2n) is 8.84. The van der Waals surface area contributed by atoms with Gasteiger partial charge in [0.2, 0.25) is 5.95 Å². The van der Waals surface area contributed by atoms with E-state index in [1.165, 1.54) is 6.42 Å². The molecule has 1 aliphatic carbocycles. The quantitative estimate of drug-likeness (QED) is 0.321. The first kappa shape index (κ1) is 23.0. The highest BCUT2D eigenvalue weighted by molar-refractivity contribution is 5.58. The molecule has 0 saturated heterocycles. The molecule has 3 N–H and O–H groups in total. The third-order valence-electron chi connectivity index (χ3n) is 6.44. The number of nitrogens with one attached hydrogen (secondary N) is 1. The number of benzene rings is 1. The molecule has 2 heterocycles. The number of aryl methyl sites for hydroxylation is 1. The van der Waals surface area contributed by atoms with Crippen LogP contribution in [-0.4, -0.2) is 31.6 Å². The van der Waals surface area contributed by atoms with E-state index in [0.29, 0.717) is 35.6 Å². The van der Waals surface area contributed by atoms with E-state index in [2.05, 4.69) is 15.4 Å². The number of anilines is 1. The Labute approximate surface area is 195 Å². The van der Waals surface area contributed by atoms with Gasteiger partial charge in [0.1, 0.15) is 29.9 Å². The smallest absolute Gasteiger partial charge is 0.226 e. The third-order valence-corrected chi connectivity index (χ3v) is 6.44. The molecule has 0 radical (unpaired) electrons. The fourth-order valence-electron chi connectivity index (χ4n) is 4.37. The van der Waals surface area contributed by atoms with Gasteiger partial charge in [-0.1, -0.05) is 44.0 Å². The van der Waals surface area contributed by atoms with E-state index in [9.17, 15) is 10.2 Å². The van der Waals surface area contributed by atoms with E-state index in [4.69, 9.17) is 4.74 Å². The zero-order valence-corrected chi connectivity index (χ0v) is 19.9. The zero-order chi connectivity index (χ0) is 23.5. The van der Waals surface area contributed by atoms with Gasteiger partial charge in [0.05, 0.1) is 5.70 Å². The van der Waals surface area contributed by atoms with Gasteiger partial charge in [-0.05, 0) is 51.2 Å². The summed E-state index contributed by atoms with van der Waals surface area (Å²) in [6.45, 7) is 8.14. The molecule has 1 aromatic carbocycles. The molecule has 7 heteroatoms. The number of hydrogen-bond acceptors (Lipinski definition) is 6. The van der Waals surface area contributed by atoms with Gasteiger partial charge in [0, 0.05) is 17.6 Å². The van der Waals surface area contributed by atoms with Crippen LogP contribution in [0.25, 0.3) is 11.4 Å². The van der Waals surface area contributed by atoms with Crippen LogP contribution in [0.2, 0.25) is 0 Å². The number of hydrogen-bond donors (Lipinski definition) is 3. The fourth-order valence-corrected chi connectivity index (χ4v) is 4.37. The molecule has 1 unspecified atom stereocenters. The van der Waals surface area contributed by atoms with Crippen molar-refractivity contribution < 1.29 is 14.9 Å². The second-order valence-corrected chi connectivity index (χ2v) is 8.84. The number of allylic oxidation sites excluding steroid dienone is 4. The van der Waals surface area contributed by atoms with E-state index < -0.39 is 0 Å². The topological polar surface area (TPSA) is 92.4 Å². The number of rotatable bonds is 8. The highest BCUT2D eigenvalue weighted by Gasteiger charge is 2.30. The SMILES string of the molecule is CC/C=C(O)\C(=C(/CC)OCC1=C(O)C(C)n2nc(-c3cccc(C)c3)nc2N1)C1CCC1. The number of ether oxygens (including phenoxy) is 1. The Morgan fingerprint density at radius 2 is 2.09 bits per heavy atom. The first-order valence-corrected chi connectivity index (χ1v) is 11.9. The molecule has 0 amide bonds. The maximum Gasteiger partial charge on any atom is 0.226 e. The molecule has 33 heavy (non-hydrogen) atoms. The summed E-state index contributed by atoms with van der Waals surface area (Å²) in [7, 11) is 0. The van der Waals surface area contributed by atoms with E-state index in [-0.39, 0.29) is 18.4 Å². The van der Waals surface area contributed by atoms with Crippen molar-refractivity contribution in [1.82, 2.24) is 14.8 Å². The molecule has 1 aliphatic heterocycles. The van der Waals surface area contributed by atoms with Crippen LogP contribution in [0.4, 0.5) is 5.95 Å². The highest BCUT2D eigenvalue weighted by Crippen LogP contribution is 2.39. The van der Waals surface area contributed by atoms with E-state index in [0.717, 1.165) is 41.7 Å². The summed E-state index contributed by atoms with van der Waals surface area (Å²) in [6, 6.07) is 7.68. The average molecular weight is 451 g/mol. The monoisotopic (exact) mass is 450 g/mol. The lowest BCUT2D eigenvalue weighted by Gasteiger charge is -2.30. The molecule has 7 nitrogen and oxygen atoms in total. The Morgan fingerprint density at radius 1 is 1.30 bits per heavy atom. The predicted octanol–water partition coefficient (Wildman–Crippen LogP) is 6.34. The van der Waals surface area contributed by atoms with Crippen molar-refractivity contribution in [2.75, 3.05) is 11.9 Å². The number of aromatic nitrogens is 3. The van der Waals surface area contributed by atoms with Gasteiger partial charge in [0.25, 0.3) is 0 Å². The Kier molecular flexibility index (Phi) is 6.77. The summed E-state index contributed by atoms with van der Waals surface area (Å²) in [4.78, 5) is 4.66. The van der Waals surface area contributed by atoms with Crippen molar-refractivity contribution in [1.29, 1.82) is 0 Å². The van der Waals surface area contributed by atoms with Gasteiger partial charge in [0.15, 0.2) is 5.82 Å². The number of fused-ring (bicyclic) bond motifs is 1. The predicted molar refractivity (Wildman–Crippen MR) is 130 cm³/mol. The molecule has 2 aliphatic rings. The van der Waals surface area contributed by atoms with Gasteiger partial charge in [-0.3, -0.25) is 0 Å². The maximum atomic E-state index is 10.9. The molecule has 1 saturated carbocycles. The fraction of sp³-hybridized carbons (Fsp3) is 0.462. The van der Waals surface area contributed by atoms with Crippen LogP contribution in [0.1, 0.15) is 64.5 Å². The van der Waals surface area contributed by atoms with Gasteiger partial charge in [-0.2, -0.15) is 4.98 Å². The lowest BCUT2D eigenvalue weighted by Crippen LogP contribution is -2.25. The Hall–Kier alpha value is -3.22. The summed E-state index contributed by atoms with van der Waals surface area (Å²) in [5, 5.41) is 29.3. The Bertz CT molecular complexity index is 1110. The largest absolute Gasteiger partial charge is 0.508 e. The van der Waals surface area contributed by atoms with Crippen LogP contribution in [0.3, 0.4) is 0 Å². The van der Waals surface area contributed by atoms with E-state index >= 15 is 0 Å². The molecular weight excluding hydrogens is 416 g/mol. The van der Waals surface area contributed by atoms with Crippen LogP contribution in [0, 0.1) is 12.8 Å². The van der Waals surface area contributed by atoms with Crippen LogP contribution in [-0.2, 0) is 4.74 Å². The maximum absolute atomic E-state index is 10.9. The Balaban J connectivity index is 1.56. The van der Waals surface area contributed by atoms with Crippen molar-refractivity contribution in [2.45, 2.75) is 65.8 Å². The van der Waals surface area contributed by atoms with Gasteiger partial charge >= 0.3 is 0 Å². The number of aliphatic hydroxyl groups is 2. The Morgan fingerprint density at radius 3 is 2.73 bits per heavy atom. The van der Waals surface area contributed by atoms with Crippen LogP contribution in [0.15, 0.2) is 58.9 Å². The van der Waals surface area contributed by atoms with Crippen molar-refractivity contribution in [3.05, 3.63) is 64.5 Å². The van der Waals surface area contributed by atoms with Crippen molar-refractivity contribution in [3.63, 3.8) is 0 Å². The van der Waals surface area contributed by atoms with E-state index in [1.54, 1.807) is 4.68 Å². The zero-order valence-electron chi connectivity index (χ0n) is 19.9. The minimum Gasteiger partial charge on any atom is -0.508 e. The normalized spacial score (nSPS) is 19.5. The summed E-state index contributed by atoms with van der Waals surface area (Å²) >= 11 is 0. The lowest BCUT2D eigenvalue weighted by atomic mass is 9.78. The molecule has 0 spiro atoms. The van der Waals surface area contributed by atoms with Crippen molar-refractivity contribution >= 4 is 5.95 Å². The van der Waals surface area contributed by atoms with Gasteiger partial charge in [-0.15, -0.1) is 5.10 Å². The van der Waals surface area contributed by atoms with Crippen LogP contribution in [0.5, 0.6) is 0 Å². The summed E-state index contributed by atoms with van der Waals surface area (Å²) in [5.74, 6) is 2.80. The minimum absolute atomic E-state index is 0.168. The molecule has 1 aromatic heterocycles. The second kappa shape index (κ2) is 9.73. The van der Waals surface area contributed by atoms with E-state index in [1.807, 2.05) is 58.0 Å². The average Bonchev–Trinajstić information content (AvgIpc) is 3.19. The molecule has 0 bridgehead atoms. The summed E-state index contributed by atoms with van der Waals surface area (Å²) in [5.41, 5.74) is 3.55. The summed E-state index contributed by atoms with van der Waals surface area (Å²) < 4.78 is 7.90. The van der Waals surface area contributed by atoms with Gasteiger partial charge < -0.3 is 20.3 Å². The van der Waals surface area contributed by atoms with Gasteiger partial charge in [-0.25, -0.2) is 4.68 Å². The first-order chi connectivity index (χ1) is 15.9. The molecular formula is C26H34N4O3. The standard InChI is InChI=1S/C26H34N4O3/c1-5-9-21(31)23(18-11-8-12-18)22(6-2)33-15-20-24(32)17(4)30-26(27-20)28-25(29-30)19-13-7-10-16(3)14-19/h7,9-10,13-14,17-18,31-32H,5-6,8,11-12,15H2,1-4H3,(H,27,28,29)/b21-9+,23-22+. The lowest BCUT2D eigenvalue weighted by molar-refractivity contribution is 0.202. The minimum atomic E-state index is -0.362. The first-order valence-electron chi connectivity index (χ1n) is 11.9. The summed E-state index contributed by atoms with van der Waals surface area (Å²) in [6.07, 6.45) is 6.59. The molecule has 1 atom stereocenters. The number of nitrogens with zero attached hydrogens (tertiary/aromatic N) is 3. The van der Waals surface area contributed by atoms with Crippen molar-refractivity contribution in [2.24, 2.45) is 5.92 Å².